The van der Waals surface area contributed by atoms with Crippen molar-refractivity contribution in [3.05, 3.63) is 78.4 Å². The maximum absolute atomic E-state index is 12.5. The topological polar surface area (TPSA) is 83.1 Å². The van der Waals surface area contributed by atoms with Gasteiger partial charge in [0.15, 0.2) is 23.9 Å². The van der Waals surface area contributed by atoms with Crippen molar-refractivity contribution < 1.29 is 28.5 Å². The number of anilines is 1. The summed E-state index contributed by atoms with van der Waals surface area (Å²) in [5.41, 5.74) is 1.58. The smallest absolute Gasteiger partial charge is 0.351 e. The Morgan fingerprint density at radius 1 is 0.906 bits per heavy atom. The summed E-state index contributed by atoms with van der Waals surface area (Å²) in [6.07, 6.45) is -1.51. The molecule has 32 heavy (non-hydrogen) atoms. The molecule has 3 aromatic rings. The first-order valence-electron chi connectivity index (χ1n) is 10.2. The zero-order valence-corrected chi connectivity index (χ0v) is 17.7. The van der Waals surface area contributed by atoms with Gasteiger partial charge in [0.2, 0.25) is 6.10 Å². The van der Waals surface area contributed by atoms with E-state index in [1.54, 1.807) is 49.4 Å². The number of hydrogen-bond donors (Lipinski definition) is 1. The Kier molecular flexibility index (Phi) is 6.26. The number of fused-ring (bicyclic) bond motifs is 1. The first-order chi connectivity index (χ1) is 15.5. The Labute approximate surface area is 185 Å². The molecule has 0 spiro atoms. The minimum absolute atomic E-state index is 0.458. The Morgan fingerprint density at radius 2 is 1.56 bits per heavy atom. The van der Waals surface area contributed by atoms with Crippen LogP contribution >= 0.6 is 0 Å². The number of para-hydroxylation sites is 4. The van der Waals surface area contributed by atoms with Crippen LogP contribution in [0.15, 0.2) is 72.8 Å². The Morgan fingerprint density at radius 3 is 2.31 bits per heavy atom. The van der Waals surface area contributed by atoms with Crippen LogP contribution in [0.3, 0.4) is 0 Å². The molecule has 0 aliphatic carbocycles. The lowest BCUT2D eigenvalue weighted by Crippen LogP contribution is -2.45. The predicted octanol–water partition coefficient (Wildman–Crippen LogP) is 4.50. The summed E-state index contributed by atoms with van der Waals surface area (Å²) in [6.45, 7) is 3.23. The van der Waals surface area contributed by atoms with Gasteiger partial charge in [-0.3, -0.25) is 4.79 Å². The van der Waals surface area contributed by atoms with Gasteiger partial charge in [0.05, 0.1) is 5.69 Å². The van der Waals surface area contributed by atoms with Gasteiger partial charge in [-0.15, -0.1) is 0 Å². The molecule has 0 saturated carbocycles. The molecule has 1 amide bonds. The average molecular weight is 433 g/mol. The first kappa shape index (κ1) is 21.2. The van der Waals surface area contributed by atoms with E-state index in [9.17, 15) is 9.59 Å². The summed E-state index contributed by atoms with van der Waals surface area (Å²) in [7, 11) is 0. The standard InChI is InChI=1S/C25H23NO6/c1-16-11-13-18(14-12-16)31-20-8-4-3-7-19(20)26-23(27)15-29-25(28)24-17(2)30-21-9-5-6-10-22(21)32-24/h3-14,17,24H,15H2,1-2H3,(H,26,27). The van der Waals surface area contributed by atoms with Gasteiger partial charge >= 0.3 is 5.97 Å². The normalized spacial score (nSPS) is 16.7. The zero-order valence-electron chi connectivity index (χ0n) is 17.7. The minimum Gasteiger partial charge on any atom is -0.482 e. The van der Waals surface area contributed by atoms with E-state index in [1.807, 2.05) is 37.3 Å². The third-order valence-corrected chi connectivity index (χ3v) is 4.83. The molecule has 1 heterocycles. The van der Waals surface area contributed by atoms with Crippen LogP contribution < -0.4 is 19.5 Å². The number of ether oxygens (including phenoxy) is 4. The molecule has 1 aliphatic rings. The second-order valence-electron chi connectivity index (χ2n) is 7.38. The van der Waals surface area contributed by atoms with E-state index in [2.05, 4.69) is 5.32 Å². The summed E-state index contributed by atoms with van der Waals surface area (Å²) in [4.78, 5) is 24.9. The van der Waals surface area contributed by atoms with Crippen LogP contribution in [0.4, 0.5) is 5.69 Å². The van der Waals surface area contributed by atoms with E-state index in [0.29, 0.717) is 28.7 Å². The van der Waals surface area contributed by atoms with E-state index in [1.165, 1.54) is 0 Å². The van der Waals surface area contributed by atoms with E-state index in [4.69, 9.17) is 18.9 Å². The van der Waals surface area contributed by atoms with Gasteiger partial charge in [-0.2, -0.15) is 0 Å². The summed E-state index contributed by atoms with van der Waals surface area (Å²) >= 11 is 0. The number of nitrogens with one attached hydrogen (secondary N) is 1. The summed E-state index contributed by atoms with van der Waals surface area (Å²) in [6, 6.07) is 21.7. The van der Waals surface area contributed by atoms with Gasteiger partial charge in [-0.1, -0.05) is 42.0 Å². The average Bonchev–Trinajstić information content (AvgIpc) is 2.80. The van der Waals surface area contributed by atoms with Crippen molar-refractivity contribution in [3.8, 4) is 23.0 Å². The molecular weight excluding hydrogens is 410 g/mol. The molecular formula is C25H23NO6. The molecule has 1 N–H and O–H groups in total. The van der Waals surface area contributed by atoms with Crippen LogP contribution in [0, 0.1) is 6.92 Å². The molecule has 0 fully saturated rings. The van der Waals surface area contributed by atoms with Gasteiger partial charge in [-0.25, -0.2) is 4.79 Å². The number of hydrogen-bond acceptors (Lipinski definition) is 6. The van der Waals surface area contributed by atoms with Crippen LogP contribution in [0.5, 0.6) is 23.0 Å². The van der Waals surface area contributed by atoms with Crippen LogP contribution in [-0.4, -0.2) is 30.7 Å². The van der Waals surface area contributed by atoms with Crippen molar-refractivity contribution in [2.75, 3.05) is 11.9 Å². The van der Waals surface area contributed by atoms with E-state index in [0.717, 1.165) is 5.56 Å². The quantitative estimate of drug-likeness (QED) is 0.577. The van der Waals surface area contributed by atoms with Crippen molar-refractivity contribution in [1.82, 2.24) is 0 Å². The second-order valence-corrected chi connectivity index (χ2v) is 7.38. The SMILES string of the molecule is Cc1ccc(Oc2ccccc2NC(=O)COC(=O)C2Oc3ccccc3OC2C)cc1. The number of rotatable bonds is 6. The van der Waals surface area contributed by atoms with Crippen LogP contribution in [-0.2, 0) is 14.3 Å². The number of esters is 1. The highest BCUT2D eigenvalue weighted by molar-refractivity contribution is 5.94. The summed E-state index contributed by atoms with van der Waals surface area (Å²) < 4.78 is 22.5. The van der Waals surface area contributed by atoms with Gasteiger partial charge in [0.25, 0.3) is 5.91 Å². The van der Waals surface area contributed by atoms with Crippen molar-refractivity contribution in [3.63, 3.8) is 0 Å². The molecule has 0 saturated heterocycles. The molecule has 7 heteroatoms. The molecule has 2 atom stereocenters. The largest absolute Gasteiger partial charge is 0.482 e. The molecule has 0 radical (unpaired) electrons. The fraction of sp³-hybridized carbons (Fsp3) is 0.200. The number of benzene rings is 3. The molecule has 7 nitrogen and oxygen atoms in total. The molecule has 4 rings (SSSR count). The Balaban J connectivity index is 1.34. The maximum atomic E-state index is 12.5. The fourth-order valence-corrected chi connectivity index (χ4v) is 3.18. The number of carbonyl (C=O) groups is 2. The third-order valence-electron chi connectivity index (χ3n) is 4.83. The lowest BCUT2D eigenvalue weighted by Gasteiger charge is -2.30. The highest BCUT2D eigenvalue weighted by Crippen LogP contribution is 2.34. The summed E-state index contributed by atoms with van der Waals surface area (Å²) in [5.74, 6) is 0.971. The molecule has 3 aromatic carbocycles. The summed E-state index contributed by atoms with van der Waals surface area (Å²) in [5, 5.41) is 2.71. The molecule has 0 bridgehead atoms. The van der Waals surface area contributed by atoms with Crippen molar-refractivity contribution in [1.29, 1.82) is 0 Å². The van der Waals surface area contributed by atoms with Crippen LogP contribution in [0.2, 0.25) is 0 Å². The highest BCUT2D eigenvalue weighted by atomic mass is 16.6. The predicted molar refractivity (Wildman–Crippen MR) is 118 cm³/mol. The monoisotopic (exact) mass is 433 g/mol. The van der Waals surface area contributed by atoms with E-state index < -0.39 is 30.7 Å². The van der Waals surface area contributed by atoms with Gasteiger partial charge in [0.1, 0.15) is 11.9 Å². The lowest BCUT2D eigenvalue weighted by atomic mass is 10.2. The van der Waals surface area contributed by atoms with E-state index >= 15 is 0 Å². The molecule has 1 aliphatic heterocycles. The Bertz CT molecular complexity index is 1110. The van der Waals surface area contributed by atoms with Gasteiger partial charge < -0.3 is 24.3 Å². The molecule has 0 aromatic heterocycles. The third kappa shape index (κ3) is 5.00. The first-order valence-corrected chi connectivity index (χ1v) is 10.2. The van der Waals surface area contributed by atoms with Crippen LogP contribution in [0.25, 0.3) is 0 Å². The second kappa shape index (κ2) is 9.43. The number of aryl methyl sites for hydroxylation is 1. The van der Waals surface area contributed by atoms with Crippen LogP contribution in [0.1, 0.15) is 12.5 Å². The van der Waals surface area contributed by atoms with Crippen molar-refractivity contribution in [2.45, 2.75) is 26.1 Å². The number of carbonyl (C=O) groups excluding carboxylic acids is 2. The fourth-order valence-electron chi connectivity index (χ4n) is 3.18. The van der Waals surface area contributed by atoms with E-state index in [-0.39, 0.29) is 0 Å². The molecule has 164 valence electrons. The maximum Gasteiger partial charge on any atom is 0.351 e. The zero-order chi connectivity index (χ0) is 22.5. The highest BCUT2D eigenvalue weighted by Gasteiger charge is 2.35. The van der Waals surface area contributed by atoms with Crippen molar-refractivity contribution >= 4 is 17.6 Å². The molecule has 2 unspecified atom stereocenters. The Hall–Kier alpha value is -4.00. The minimum atomic E-state index is -0.963. The lowest BCUT2D eigenvalue weighted by molar-refractivity contribution is -0.159. The van der Waals surface area contributed by atoms with Gasteiger partial charge in [0, 0.05) is 0 Å². The van der Waals surface area contributed by atoms with Gasteiger partial charge in [-0.05, 0) is 50.2 Å². The number of amides is 1. The van der Waals surface area contributed by atoms with Crippen molar-refractivity contribution in [2.24, 2.45) is 0 Å².